The van der Waals surface area contributed by atoms with Crippen molar-refractivity contribution in [3.05, 3.63) is 5.82 Å². The van der Waals surface area contributed by atoms with Crippen molar-refractivity contribution in [2.75, 3.05) is 6.54 Å². The lowest BCUT2D eigenvalue weighted by molar-refractivity contribution is 0.441. The summed E-state index contributed by atoms with van der Waals surface area (Å²) in [6, 6.07) is 0.378. The van der Waals surface area contributed by atoms with Crippen molar-refractivity contribution in [2.24, 2.45) is 0 Å². The molecule has 0 bridgehead atoms. The van der Waals surface area contributed by atoms with E-state index in [1.165, 1.54) is 0 Å². The lowest BCUT2D eigenvalue weighted by Crippen LogP contribution is -2.18. The zero-order chi connectivity index (χ0) is 9.68. The minimum atomic E-state index is 0.378. The smallest absolute Gasteiger partial charge is 0.165 e. The van der Waals surface area contributed by atoms with Crippen LogP contribution in [0, 0.1) is 0 Å². The predicted molar refractivity (Wildman–Crippen MR) is 50.2 cm³/mol. The fourth-order valence-electron chi connectivity index (χ4n) is 1.08. The van der Waals surface area contributed by atoms with Gasteiger partial charge in [0.1, 0.15) is 0 Å². The molecule has 5 nitrogen and oxygen atoms in total. The van der Waals surface area contributed by atoms with Gasteiger partial charge in [-0.2, -0.15) is 0 Å². The molecule has 0 aliphatic carbocycles. The molecule has 74 valence electrons. The molecule has 5 heteroatoms. The summed E-state index contributed by atoms with van der Waals surface area (Å²) in [5, 5.41) is 14.8. The Labute approximate surface area is 78.5 Å². The number of nitrogens with one attached hydrogen (secondary N) is 1. The maximum atomic E-state index is 3.96. The number of aromatic nitrogens is 4. The minimum Gasteiger partial charge on any atom is -0.310 e. The summed E-state index contributed by atoms with van der Waals surface area (Å²) in [7, 11) is 0. The summed E-state index contributed by atoms with van der Waals surface area (Å²) in [6.45, 7) is 7.99. The normalized spacial score (nSPS) is 13.2. The molecule has 1 N–H and O–H groups in total. The topological polar surface area (TPSA) is 55.6 Å². The van der Waals surface area contributed by atoms with Crippen LogP contribution in [-0.2, 0) is 6.54 Å². The third kappa shape index (κ3) is 2.48. The zero-order valence-electron chi connectivity index (χ0n) is 8.49. The van der Waals surface area contributed by atoms with E-state index in [0.717, 1.165) is 25.3 Å². The SMILES string of the molecule is CCNCc1nnnn1C(C)CC. The van der Waals surface area contributed by atoms with Crippen molar-refractivity contribution in [3.8, 4) is 0 Å². The predicted octanol–water partition coefficient (Wildman–Crippen LogP) is 0.754. The first kappa shape index (κ1) is 10.1. The fraction of sp³-hybridized carbons (Fsp3) is 0.875. The lowest BCUT2D eigenvalue weighted by atomic mass is 10.3. The zero-order valence-corrected chi connectivity index (χ0v) is 8.49. The molecule has 13 heavy (non-hydrogen) atoms. The van der Waals surface area contributed by atoms with Gasteiger partial charge >= 0.3 is 0 Å². The van der Waals surface area contributed by atoms with Crippen LogP contribution in [0.25, 0.3) is 0 Å². The molecule has 0 aliphatic rings. The molecular formula is C8H17N5. The summed E-state index contributed by atoms with van der Waals surface area (Å²) in [5.74, 6) is 0.913. The highest BCUT2D eigenvalue weighted by molar-refractivity contribution is 4.82. The van der Waals surface area contributed by atoms with Crippen molar-refractivity contribution < 1.29 is 0 Å². The van der Waals surface area contributed by atoms with Gasteiger partial charge in [0.2, 0.25) is 0 Å². The molecule has 1 aromatic rings. The maximum absolute atomic E-state index is 3.96. The maximum Gasteiger partial charge on any atom is 0.165 e. The number of tetrazole rings is 1. The largest absolute Gasteiger partial charge is 0.310 e. The molecular weight excluding hydrogens is 166 g/mol. The Morgan fingerprint density at radius 2 is 2.23 bits per heavy atom. The summed E-state index contributed by atoms with van der Waals surface area (Å²) >= 11 is 0. The van der Waals surface area contributed by atoms with Crippen molar-refractivity contribution in [3.63, 3.8) is 0 Å². The van der Waals surface area contributed by atoms with Crippen LogP contribution >= 0.6 is 0 Å². The second kappa shape index (κ2) is 4.91. The Morgan fingerprint density at radius 3 is 2.85 bits per heavy atom. The molecule has 1 aromatic heterocycles. The first-order valence-corrected chi connectivity index (χ1v) is 4.77. The van der Waals surface area contributed by atoms with Gasteiger partial charge in [-0.15, -0.1) is 5.10 Å². The minimum absolute atomic E-state index is 0.378. The Kier molecular flexibility index (Phi) is 3.82. The lowest BCUT2D eigenvalue weighted by Gasteiger charge is -2.10. The van der Waals surface area contributed by atoms with Gasteiger partial charge in [0.25, 0.3) is 0 Å². The molecule has 1 rings (SSSR count). The number of hydrogen-bond donors (Lipinski definition) is 1. The standard InChI is InChI=1S/C8H17N5/c1-4-7(3)13-8(6-9-5-2)10-11-12-13/h7,9H,4-6H2,1-3H3. The van der Waals surface area contributed by atoms with Gasteiger partial charge in [-0.3, -0.25) is 0 Å². The quantitative estimate of drug-likeness (QED) is 0.732. The summed E-state index contributed by atoms with van der Waals surface area (Å²) in [6.07, 6.45) is 1.05. The molecule has 0 aromatic carbocycles. The van der Waals surface area contributed by atoms with E-state index in [4.69, 9.17) is 0 Å². The van der Waals surface area contributed by atoms with E-state index in [2.05, 4.69) is 41.6 Å². The van der Waals surface area contributed by atoms with Gasteiger partial charge in [0, 0.05) is 0 Å². The average Bonchev–Trinajstić information content (AvgIpc) is 2.61. The van der Waals surface area contributed by atoms with E-state index in [0.29, 0.717) is 6.04 Å². The van der Waals surface area contributed by atoms with Gasteiger partial charge < -0.3 is 5.32 Å². The molecule has 0 fully saturated rings. The van der Waals surface area contributed by atoms with E-state index >= 15 is 0 Å². The van der Waals surface area contributed by atoms with E-state index in [1.54, 1.807) is 0 Å². The molecule has 0 spiro atoms. The first-order valence-electron chi connectivity index (χ1n) is 4.77. The molecule has 1 atom stereocenters. The Balaban J connectivity index is 2.65. The molecule has 0 radical (unpaired) electrons. The van der Waals surface area contributed by atoms with E-state index in [-0.39, 0.29) is 0 Å². The van der Waals surface area contributed by atoms with Crippen LogP contribution in [0.2, 0.25) is 0 Å². The van der Waals surface area contributed by atoms with Crippen LogP contribution in [0.3, 0.4) is 0 Å². The molecule has 0 aliphatic heterocycles. The van der Waals surface area contributed by atoms with Gasteiger partial charge in [-0.25, -0.2) is 4.68 Å². The second-order valence-corrected chi connectivity index (χ2v) is 3.08. The van der Waals surface area contributed by atoms with Crippen molar-refractivity contribution in [1.82, 2.24) is 25.5 Å². The van der Waals surface area contributed by atoms with Crippen LogP contribution in [0.4, 0.5) is 0 Å². The highest BCUT2D eigenvalue weighted by Crippen LogP contribution is 2.08. The summed E-state index contributed by atoms with van der Waals surface area (Å²) < 4.78 is 1.88. The third-order valence-corrected chi connectivity index (χ3v) is 2.10. The number of hydrogen-bond acceptors (Lipinski definition) is 4. The first-order chi connectivity index (χ1) is 6.29. The fourth-order valence-corrected chi connectivity index (χ4v) is 1.08. The second-order valence-electron chi connectivity index (χ2n) is 3.08. The van der Waals surface area contributed by atoms with E-state index in [9.17, 15) is 0 Å². The monoisotopic (exact) mass is 183 g/mol. The van der Waals surface area contributed by atoms with Crippen molar-refractivity contribution in [2.45, 2.75) is 39.8 Å². The molecule has 0 saturated heterocycles. The van der Waals surface area contributed by atoms with Gasteiger partial charge in [-0.05, 0) is 30.3 Å². The number of nitrogens with zero attached hydrogens (tertiary/aromatic N) is 4. The van der Waals surface area contributed by atoms with Crippen molar-refractivity contribution in [1.29, 1.82) is 0 Å². The Bertz CT molecular complexity index is 244. The van der Waals surface area contributed by atoms with Crippen LogP contribution in [0.15, 0.2) is 0 Å². The summed E-state index contributed by atoms with van der Waals surface area (Å²) in [4.78, 5) is 0. The molecule has 1 unspecified atom stereocenters. The van der Waals surface area contributed by atoms with Crippen molar-refractivity contribution >= 4 is 0 Å². The molecule has 0 amide bonds. The van der Waals surface area contributed by atoms with Crippen LogP contribution < -0.4 is 5.32 Å². The Hall–Kier alpha value is -0.970. The van der Waals surface area contributed by atoms with Crippen LogP contribution in [0.1, 0.15) is 39.1 Å². The van der Waals surface area contributed by atoms with Crippen LogP contribution in [0.5, 0.6) is 0 Å². The number of rotatable bonds is 5. The van der Waals surface area contributed by atoms with Gasteiger partial charge in [-0.1, -0.05) is 13.8 Å². The highest BCUT2D eigenvalue weighted by Gasteiger charge is 2.09. The van der Waals surface area contributed by atoms with Gasteiger partial charge in [0.05, 0.1) is 12.6 Å². The summed E-state index contributed by atoms with van der Waals surface area (Å²) in [5.41, 5.74) is 0. The highest BCUT2D eigenvalue weighted by atomic mass is 15.6. The third-order valence-electron chi connectivity index (χ3n) is 2.10. The van der Waals surface area contributed by atoms with E-state index in [1.807, 2.05) is 4.68 Å². The van der Waals surface area contributed by atoms with Crippen LogP contribution in [-0.4, -0.2) is 26.8 Å². The Morgan fingerprint density at radius 1 is 1.46 bits per heavy atom. The molecule has 1 heterocycles. The van der Waals surface area contributed by atoms with Gasteiger partial charge in [0.15, 0.2) is 5.82 Å². The average molecular weight is 183 g/mol. The molecule has 0 saturated carbocycles. The van der Waals surface area contributed by atoms with E-state index < -0.39 is 0 Å².